The molecule has 0 aliphatic heterocycles. The third kappa shape index (κ3) is 3.53. The summed E-state index contributed by atoms with van der Waals surface area (Å²) >= 11 is 5.83. The van der Waals surface area contributed by atoms with E-state index in [1.54, 1.807) is 42.3 Å². The van der Waals surface area contributed by atoms with Crippen LogP contribution < -0.4 is 5.73 Å². The Balaban J connectivity index is 2.13. The van der Waals surface area contributed by atoms with E-state index in [9.17, 15) is 4.79 Å². The highest BCUT2D eigenvalue weighted by Crippen LogP contribution is 2.20. The predicted octanol–water partition coefficient (Wildman–Crippen LogP) is 3.07. The summed E-state index contributed by atoms with van der Waals surface area (Å²) in [4.78, 5) is 13.9. The average Bonchev–Trinajstić information content (AvgIpc) is 2.47. The molecule has 0 aromatic heterocycles. The Labute approximate surface area is 128 Å². The molecule has 2 aromatic rings. The van der Waals surface area contributed by atoms with Gasteiger partial charge in [-0.25, -0.2) is 0 Å². The van der Waals surface area contributed by atoms with Crippen molar-refractivity contribution in [2.45, 2.75) is 6.54 Å². The van der Waals surface area contributed by atoms with Gasteiger partial charge in [-0.2, -0.15) is 5.26 Å². The third-order valence-electron chi connectivity index (χ3n) is 3.09. The monoisotopic (exact) mass is 299 g/mol. The van der Waals surface area contributed by atoms with Crippen molar-refractivity contribution in [3.63, 3.8) is 0 Å². The van der Waals surface area contributed by atoms with Gasteiger partial charge in [0.05, 0.1) is 17.2 Å². The molecule has 5 heteroatoms. The van der Waals surface area contributed by atoms with E-state index >= 15 is 0 Å². The lowest BCUT2D eigenvalue weighted by Gasteiger charge is -2.18. The van der Waals surface area contributed by atoms with E-state index in [4.69, 9.17) is 22.6 Å². The lowest BCUT2D eigenvalue weighted by molar-refractivity contribution is 0.0786. The number of carbonyl (C=O) groups excluding carboxylic acids is 1. The van der Waals surface area contributed by atoms with Gasteiger partial charge in [0, 0.05) is 24.3 Å². The Morgan fingerprint density at radius 2 is 1.95 bits per heavy atom. The SMILES string of the molecule is CN(Cc1ccc(C#N)cc1)C(=O)c1ccc(Cl)cc1N. The first-order valence-corrected chi connectivity index (χ1v) is 6.68. The summed E-state index contributed by atoms with van der Waals surface area (Å²) in [6.07, 6.45) is 0. The molecule has 1 amide bonds. The Morgan fingerprint density at radius 3 is 2.52 bits per heavy atom. The van der Waals surface area contributed by atoms with Crippen LogP contribution in [0.2, 0.25) is 5.02 Å². The molecule has 0 spiro atoms. The van der Waals surface area contributed by atoms with E-state index in [0.29, 0.717) is 28.4 Å². The maximum atomic E-state index is 12.4. The number of halogens is 1. The van der Waals surface area contributed by atoms with Crippen molar-refractivity contribution >= 4 is 23.2 Å². The number of carbonyl (C=O) groups is 1. The molecular formula is C16H14ClN3O. The van der Waals surface area contributed by atoms with Crippen LogP contribution in [-0.2, 0) is 6.54 Å². The topological polar surface area (TPSA) is 70.1 Å². The summed E-state index contributed by atoms with van der Waals surface area (Å²) < 4.78 is 0. The second-order valence-corrected chi connectivity index (χ2v) is 5.14. The number of hydrogen-bond donors (Lipinski definition) is 1. The molecule has 0 saturated heterocycles. The van der Waals surface area contributed by atoms with E-state index in [-0.39, 0.29) is 5.91 Å². The van der Waals surface area contributed by atoms with Gasteiger partial charge < -0.3 is 10.6 Å². The highest BCUT2D eigenvalue weighted by Gasteiger charge is 2.15. The molecule has 106 valence electrons. The van der Waals surface area contributed by atoms with E-state index in [2.05, 4.69) is 6.07 Å². The van der Waals surface area contributed by atoms with E-state index < -0.39 is 0 Å². The van der Waals surface area contributed by atoms with Gasteiger partial charge >= 0.3 is 0 Å². The lowest BCUT2D eigenvalue weighted by atomic mass is 10.1. The van der Waals surface area contributed by atoms with E-state index in [1.165, 1.54) is 0 Å². The maximum absolute atomic E-state index is 12.4. The molecule has 21 heavy (non-hydrogen) atoms. The Bertz CT molecular complexity index is 704. The predicted molar refractivity (Wildman–Crippen MR) is 82.8 cm³/mol. The van der Waals surface area contributed by atoms with Crippen molar-refractivity contribution in [3.05, 3.63) is 64.2 Å². The Morgan fingerprint density at radius 1 is 1.29 bits per heavy atom. The van der Waals surface area contributed by atoms with Crippen LogP contribution in [0.4, 0.5) is 5.69 Å². The van der Waals surface area contributed by atoms with Gasteiger partial charge in [0.1, 0.15) is 0 Å². The van der Waals surface area contributed by atoms with Gasteiger partial charge in [-0.05, 0) is 35.9 Å². The highest BCUT2D eigenvalue weighted by atomic mass is 35.5. The fraction of sp³-hybridized carbons (Fsp3) is 0.125. The largest absolute Gasteiger partial charge is 0.398 e. The van der Waals surface area contributed by atoms with E-state index in [1.807, 2.05) is 12.1 Å². The first kappa shape index (κ1) is 14.9. The van der Waals surface area contributed by atoms with Gasteiger partial charge in [-0.1, -0.05) is 23.7 Å². The van der Waals surface area contributed by atoms with Crippen LogP contribution >= 0.6 is 11.6 Å². The van der Waals surface area contributed by atoms with Crippen molar-refractivity contribution in [3.8, 4) is 6.07 Å². The van der Waals surface area contributed by atoms with Crippen LogP contribution in [-0.4, -0.2) is 17.9 Å². The summed E-state index contributed by atoms with van der Waals surface area (Å²) in [5.74, 6) is -0.173. The smallest absolute Gasteiger partial charge is 0.255 e. The maximum Gasteiger partial charge on any atom is 0.255 e. The van der Waals surface area contributed by atoms with Gasteiger partial charge in [0.15, 0.2) is 0 Å². The zero-order chi connectivity index (χ0) is 15.4. The Hall–Kier alpha value is -2.51. The molecule has 0 aliphatic rings. The standard InChI is InChI=1S/C16H14ClN3O/c1-20(10-12-4-2-11(9-18)3-5-12)16(21)14-7-6-13(17)8-15(14)19/h2-8H,10,19H2,1H3. The molecule has 0 bridgehead atoms. The third-order valence-corrected chi connectivity index (χ3v) is 3.33. The van der Waals surface area contributed by atoms with Gasteiger partial charge in [-0.15, -0.1) is 0 Å². The Kier molecular flexibility index (Phi) is 4.46. The van der Waals surface area contributed by atoms with E-state index in [0.717, 1.165) is 5.56 Å². The summed E-state index contributed by atoms with van der Waals surface area (Å²) in [5, 5.41) is 9.26. The molecule has 2 N–H and O–H groups in total. The summed E-state index contributed by atoms with van der Waals surface area (Å²) in [7, 11) is 1.70. The second kappa shape index (κ2) is 6.29. The van der Waals surface area contributed by atoms with Crippen LogP contribution in [0.1, 0.15) is 21.5 Å². The highest BCUT2D eigenvalue weighted by molar-refractivity contribution is 6.31. The molecule has 0 saturated carbocycles. The fourth-order valence-electron chi connectivity index (χ4n) is 1.96. The van der Waals surface area contributed by atoms with Gasteiger partial charge in [-0.3, -0.25) is 4.79 Å². The fourth-order valence-corrected chi connectivity index (χ4v) is 2.14. The minimum atomic E-state index is -0.173. The molecule has 0 aliphatic carbocycles. The van der Waals surface area contributed by atoms with Crippen LogP contribution in [0.5, 0.6) is 0 Å². The summed E-state index contributed by atoms with van der Waals surface area (Å²) in [6.45, 7) is 0.437. The molecule has 2 aromatic carbocycles. The van der Waals surface area contributed by atoms with Crippen molar-refractivity contribution in [1.82, 2.24) is 4.90 Å². The van der Waals surface area contributed by atoms with Crippen molar-refractivity contribution < 1.29 is 4.79 Å². The number of anilines is 1. The first-order chi connectivity index (χ1) is 10.0. The molecule has 0 unspecified atom stereocenters. The molecule has 0 radical (unpaired) electrons. The van der Waals surface area contributed by atoms with Crippen molar-refractivity contribution in [2.75, 3.05) is 12.8 Å². The first-order valence-electron chi connectivity index (χ1n) is 6.31. The minimum absolute atomic E-state index is 0.173. The van der Waals surface area contributed by atoms with Crippen molar-refractivity contribution in [1.29, 1.82) is 5.26 Å². The van der Waals surface area contributed by atoms with Gasteiger partial charge in [0.2, 0.25) is 0 Å². The molecule has 2 rings (SSSR count). The number of benzene rings is 2. The van der Waals surface area contributed by atoms with Crippen LogP contribution in [0.15, 0.2) is 42.5 Å². The second-order valence-electron chi connectivity index (χ2n) is 4.70. The van der Waals surface area contributed by atoms with Crippen LogP contribution in [0, 0.1) is 11.3 Å². The molecule has 0 heterocycles. The number of amides is 1. The lowest BCUT2D eigenvalue weighted by Crippen LogP contribution is -2.26. The molecular weight excluding hydrogens is 286 g/mol. The molecule has 0 fully saturated rings. The summed E-state index contributed by atoms with van der Waals surface area (Å²) in [5.41, 5.74) is 8.14. The molecule has 4 nitrogen and oxygen atoms in total. The zero-order valence-corrected chi connectivity index (χ0v) is 12.3. The number of nitrogens with zero attached hydrogens (tertiary/aromatic N) is 2. The summed E-state index contributed by atoms with van der Waals surface area (Å²) in [6, 6.07) is 14.0. The normalized spacial score (nSPS) is 9.95. The van der Waals surface area contributed by atoms with Crippen LogP contribution in [0.25, 0.3) is 0 Å². The molecule has 0 atom stereocenters. The minimum Gasteiger partial charge on any atom is -0.398 e. The number of rotatable bonds is 3. The number of hydrogen-bond acceptors (Lipinski definition) is 3. The van der Waals surface area contributed by atoms with Crippen LogP contribution in [0.3, 0.4) is 0 Å². The number of nitrogens with two attached hydrogens (primary N) is 1. The quantitative estimate of drug-likeness (QED) is 0.885. The average molecular weight is 300 g/mol. The number of nitrogen functional groups attached to an aromatic ring is 1. The number of nitriles is 1. The van der Waals surface area contributed by atoms with Gasteiger partial charge in [0.25, 0.3) is 5.91 Å². The van der Waals surface area contributed by atoms with Crippen molar-refractivity contribution in [2.24, 2.45) is 0 Å². The zero-order valence-electron chi connectivity index (χ0n) is 11.5.